The molecule has 0 saturated heterocycles. The van der Waals surface area contributed by atoms with Gasteiger partial charge in [-0.3, -0.25) is 4.79 Å². The summed E-state index contributed by atoms with van der Waals surface area (Å²) in [4.78, 5) is 23.3. The van der Waals surface area contributed by atoms with E-state index in [9.17, 15) is 9.59 Å². The SMILES string of the molecule is COC(=O)c1ccc(CNC(=O)c2ccc(OC)cc2)cc1. The zero-order valence-electron chi connectivity index (χ0n) is 12.5. The quantitative estimate of drug-likeness (QED) is 0.861. The number of nitrogens with one attached hydrogen (secondary N) is 1. The molecule has 0 spiro atoms. The molecule has 0 aliphatic rings. The summed E-state index contributed by atoms with van der Waals surface area (Å²) in [5, 5.41) is 2.82. The maximum atomic E-state index is 12.0. The molecule has 2 rings (SSSR count). The van der Waals surface area contributed by atoms with E-state index in [0.29, 0.717) is 23.4 Å². The predicted molar refractivity (Wildman–Crippen MR) is 81.9 cm³/mol. The molecule has 5 heteroatoms. The summed E-state index contributed by atoms with van der Waals surface area (Å²) in [5.74, 6) is 0.156. The van der Waals surface area contributed by atoms with Crippen molar-refractivity contribution in [2.75, 3.05) is 14.2 Å². The highest BCUT2D eigenvalue weighted by Gasteiger charge is 2.07. The lowest BCUT2D eigenvalue weighted by atomic mass is 10.1. The third kappa shape index (κ3) is 3.85. The van der Waals surface area contributed by atoms with E-state index < -0.39 is 0 Å². The fourth-order valence-electron chi connectivity index (χ4n) is 1.90. The molecule has 2 aromatic carbocycles. The Morgan fingerprint density at radius 2 is 1.50 bits per heavy atom. The van der Waals surface area contributed by atoms with Crippen molar-refractivity contribution < 1.29 is 19.1 Å². The number of esters is 1. The lowest BCUT2D eigenvalue weighted by molar-refractivity contribution is 0.0600. The molecular formula is C17H17NO4. The Morgan fingerprint density at radius 1 is 0.909 bits per heavy atom. The molecule has 0 atom stereocenters. The van der Waals surface area contributed by atoms with Gasteiger partial charge < -0.3 is 14.8 Å². The number of benzene rings is 2. The minimum absolute atomic E-state index is 0.167. The van der Waals surface area contributed by atoms with Gasteiger partial charge >= 0.3 is 5.97 Å². The molecule has 5 nitrogen and oxygen atoms in total. The van der Waals surface area contributed by atoms with Gasteiger partial charge in [-0.1, -0.05) is 12.1 Å². The zero-order valence-corrected chi connectivity index (χ0v) is 12.5. The van der Waals surface area contributed by atoms with Crippen LogP contribution in [0.25, 0.3) is 0 Å². The van der Waals surface area contributed by atoms with Gasteiger partial charge in [-0.15, -0.1) is 0 Å². The monoisotopic (exact) mass is 299 g/mol. The summed E-state index contributed by atoms with van der Waals surface area (Å²) in [6.45, 7) is 0.381. The fourth-order valence-corrected chi connectivity index (χ4v) is 1.90. The van der Waals surface area contributed by atoms with Crippen LogP contribution in [0.4, 0.5) is 0 Å². The van der Waals surface area contributed by atoms with Crippen LogP contribution in [-0.4, -0.2) is 26.1 Å². The molecule has 0 bridgehead atoms. The van der Waals surface area contributed by atoms with E-state index in [4.69, 9.17) is 4.74 Å². The Kier molecular flexibility index (Phi) is 5.14. The van der Waals surface area contributed by atoms with Gasteiger partial charge in [0.05, 0.1) is 19.8 Å². The Bertz CT molecular complexity index is 647. The van der Waals surface area contributed by atoms with Crippen molar-refractivity contribution in [3.8, 4) is 5.75 Å². The molecule has 0 unspecified atom stereocenters. The Labute approximate surface area is 128 Å². The van der Waals surface area contributed by atoms with Crippen molar-refractivity contribution in [3.63, 3.8) is 0 Å². The molecule has 0 aliphatic carbocycles. The number of hydrogen-bond acceptors (Lipinski definition) is 4. The molecule has 114 valence electrons. The third-order valence-corrected chi connectivity index (χ3v) is 3.18. The van der Waals surface area contributed by atoms with Gasteiger partial charge in [0, 0.05) is 12.1 Å². The number of carbonyl (C=O) groups excluding carboxylic acids is 2. The molecule has 0 heterocycles. The summed E-state index contributed by atoms with van der Waals surface area (Å²) < 4.78 is 9.68. The summed E-state index contributed by atoms with van der Waals surface area (Å²) in [6.07, 6.45) is 0. The minimum atomic E-state index is -0.381. The van der Waals surface area contributed by atoms with E-state index in [0.717, 1.165) is 5.56 Å². The number of rotatable bonds is 5. The number of methoxy groups -OCH3 is 2. The molecule has 1 N–H and O–H groups in total. The summed E-state index contributed by atoms with van der Waals surface area (Å²) in [6, 6.07) is 13.8. The number of hydrogen-bond donors (Lipinski definition) is 1. The largest absolute Gasteiger partial charge is 0.497 e. The van der Waals surface area contributed by atoms with E-state index in [2.05, 4.69) is 10.1 Å². The molecule has 0 radical (unpaired) electrons. The van der Waals surface area contributed by atoms with Crippen LogP contribution in [0.3, 0.4) is 0 Å². The van der Waals surface area contributed by atoms with Gasteiger partial charge in [0.1, 0.15) is 5.75 Å². The van der Waals surface area contributed by atoms with Crippen LogP contribution >= 0.6 is 0 Å². The van der Waals surface area contributed by atoms with E-state index >= 15 is 0 Å². The molecule has 0 fully saturated rings. The van der Waals surface area contributed by atoms with Gasteiger partial charge in [0.2, 0.25) is 0 Å². The Hall–Kier alpha value is -2.82. The van der Waals surface area contributed by atoms with Crippen LogP contribution in [0, 0.1) is 0 Å². The van der Waals surface area contributed by atoms with Gasteiger partial charge in [-0.05, 0) is 42.0 Å². The van der Waals surface area contributed by atoms with E-state index in [1.54, 1.807) is 55.6 Å². The predicted octanol–water partition coefficient (Wildman–Crippen LogP) is 2.41. The van der Waals surface area contributed by atoms with Crippen molar-refractivity contribution in [1.29, 1.82) is 0 Å². The van der Waals surface area contributed by atoms with E-state index in [-0.39, 0.29) is 11.9 Å². The molecule has 22 heavy (non-hydrogen) atoms. The molecule has 1 amide bonds. The smallest absolute Gasteiger partial charge is 0.337 e. The number of amides is 1. The first kappa shape index (κ1) is 15.6. The van der Waals surface area contributed by atoms with Gasteiger partial charge in [0.15, 0.2) is 0 Å². The summed E-state index contributed by atoms with van der Waals surface area (Å²) >= 11 is 0. The van der Waals surface area contributed by atoms with Crippen molar-refractivity contribution in [2.45, 2.75) is 6.54 Å². The van der Waals surface area contributed by atoms with Crippen molar-refractivity contribution in [2.24, 2.45) is 0 Å². The maximum absolute atomic E-state index is 12.0. The van der Waals surface area contributed by atoms with Crippen molar-refractivity contribution in [1.82, 2.24) is 5.32 Å². The molecular weight excluding hydrogens is 282 g/mol. The molecule has 0 aliphatic heterocycles. The van der Waals surface area contributed by atoms with E-state index in [1.807, 2.05) is 0 Å². The lowest BCUT2D eigenvalue weighted by Crippen LogP contribution is -2.22. The zero-order chi connectivity index (χ0) is 15.9. The summed E-state index contributed by atoms with van der Waals surface area (Å²) in [7, 11) is 2.92. The van der Waals surface area contributed by atoms with Crippen molar-refractivity contribution >= 4 is 11.9 Å². The first-order chi connectivity index (χ1) is 10.6. The topological polar surface area (TPSA) is 64.6 Å². The second kappa shape index (κ2) is 7.26. The number of carbonyl (C=O) groups is 2. The van der Waals surface area contributed by atoms with Crippen LogP contribution in [0.1, 0.15) is 26.3 Å². The average molecular weight is 299 g/mol. The highest BCUT2D eigenvalue weighted by atomic mass is 16.5. The highest BCUT2D eigenvalue weighted by Crippen LogP contribution is 2.11. The van der Waals surface area contributed by atoms with Gasteiger partial charge in [-0.25, -0.2) is 4.79 Å². The highest BCUT2D eigenvalue weighted by molar-refractivity contribution is 5.94. The van der Waals surface area contributed by atoms with Crippen LogP contribution in [0.2, 0.25) is 0 Å². The van der Waals surface area contributed by atoms with E-state index in [1.165, 1.54) is 7.11 Å². The Balaban J connectivity index is 1.94. The first-order valence-electron chi connectivity index (χ1n) is 6.73. The minimum Gasteiger partial charge on any atom is -0.497 e. The van der Waals surface area contributed by atoms with Crippen molar-refractivity contribution in [3.05, 3.63) is 65.2 Å². The Morgan fingerprint density at radius 3 is 2.05 bits per heavy atom. The second-order valence-electron chi connectivity index (χ2n) is 4.60. The normalized spacial score (nSPS) is 9.91. The van der Waals surface area contributed by atoms with Crippen LogP contribution < -0.4 is 10.1 Å². The molecule has 2 aromatic rings. The summed E-state index contributed by atoms with van der Waals surface area (Å²) in [5.41, 5.74) is 1.94. The third-order valence-electron chi connectivity index (χ3n) is 3.18. The number of ether oxygens (including phenoxy) is 2. The second-order valence-corrected chi connectivity index (χ2v) is 4.60. The van der Waals surface area contributed by atoms with Gasteiger partial charge in [-0.2, -0.15) is 0 Å². The first-order valence-corrected chi connectivity index (χ1v) is 6.73. The average Bonchev–Trinajstić information content (AvgIpc) is 2.59. The standard InChI is InChI=1S/C17H17NO4/c1-21-15-9-7-13(8-10-15)16(19)18-11-12-3-5-14(6-4-12)17(20)22-2/h3-10H,11H2,1-2H3,(H,18,19). The van der Waals surface area contributed by atoms with Gasteiger partial charge in [0.25, 0.3) is 5.91 Å². The lowest BCUT2D eigenvalue weighted by Gasteiger charge is -2.07. The fraction of sp³-hybridized carbons (Fsp3) is 0.176. The molecule has 0 aromatic heterocycles. The van der Waals surface area contributed by atoms with Crippen LogP contribution in [0.15, 0.2) is 48.5 Å². The maximum Gasteiger partial charge on any atom is 0.337 e. The van der Waals surface area contributed by atoms with Crippen LogP contribution in [0.5, 0.6) is 5.75 Å². The molecule has 0 saturated carbocycles. The van der Waals surface area contributed by atoms with Crippen LogP contribution in [-0.2, 0) is 11.3 Å².